The number of amidine groups is 1. The number of nitrogens with zero attached hydrogens (tertiary/aromatic N) is 4. The normalized spacial score (nSPS) is 11.5. The van der Waals surface area contributed by atoms with Gasteiger partial charge in [0.2, 0.25) is 0 Å². The number of fused-ring (bicyclic) bond motifs is 1. The Morgan fingerprint density at radius 2 is 2.05 bits per heavy atom. The van der Waals surface area contributed by atoms with Crippen LogP contribution >= 0.6 is 0 Å². The van der Waals surface area contributed by atoms with Crippen LogP contribution in [0.5, 0.6) is 0 Å². The Kier molecular flexibility index (Phi) is 3.30. The average Bonchev–Trinajstić information content (AvgIpc) is 2.97. The lowest BCUT2D eigenvalue weighted by Gasteiger charge is -1.99. The molecule has 7 heteroatoms. The molecule has 2 aromatic heterocycles. The zero-order valence-electron chi connectivity index (χ0n) is 10.9. The van der Waals surface area contributed by atoms with Crippen LogP contribution in [0.25, 0.3) is 5.65 Å². The van der Waals surface area contributed by atoms with Crippen LogP contribution in [0.4, 0.5) is 0 Å². The molecule has 3 rings (SSSR count). The molecule has 0 aliphatic heterocycles. The topological polar surface area (TPSA) is 94.9 Å². The van der Waals surface area contributed by atoms with Crippen LogP contribution in [0.15, 0.2) is 60.1 Å². The van der Waals surface area contributed by atoms with Gasteiger partial charge in [-0.3, -0.25) is 0 Å². The summed E-state index contributed by atoms with van der Waals surface area (Å²) in [6, 6.07) is 10.3. The van der Waals surface area contributed by atoms with Crippen LogP contribution in [0.3, 0.4) is 0 Å². The second-order valence-electron chi connectivity index (χ2n) is 4.17. The molecule has 104 valence electrons. The molecule has 0 aliphatic rings. The molecule has 1 aromatic carbocycles. The highest BCUT2D eigenvalue weighted by Crippen LogP contribution is 2.07. The number of hydrogen-bond acceptors (Lipinski definition) is 5. The van der Waals surface area contributed by atoms with E-state index >= 15 is 0 Å². The summed E-state index contributed by atoms with van der Waals surface area (Å²) in [6.07, 6.45) is 4.86. The summed E-state index contributed by atoms with van der Waals surface area (Å²) in [5, 5.41) is 7.72. The fourth-order valence-electron chi connectivity index (χ4n) is 1.77. The van der Waals surface area contributed by atoms with E-state index in [1.807, 2.05) is 0 Å². The van der Waals surface area contributed by atoms with Crippen molar-refractivity contribution in [1.82, 2.24) is 14.6 Å². The van der Waals surface area contributed by atoms with Gasteiger partial charge in [-0.1, -0.05) is 23.4 Å². The van der Waals surface area contributed by atoms with E-state index in [1.165, 1.54) is 6.20 Å². The number of aromatic nitrogens is 3. The fourth-order valence-corrected chi connectivity index (χ4v) is 1.77. The first-order valence-electron chi connectivity index (χ1n) is 6.14. The lowest BCUT2D eigenvalue weighted by atomic mass is 10.2. The molecule has 21 heavy (non-hydrogen) atoms. The molecule has 0 bridgehead atoms. The summed E-state index contributed by atoms with van der Waals surface area (Å²) >= 11 is 0. The van der Waals surface area contributed by atoms with Gasteiger partial charge in [0.05, 0.1) is 17.3 Å². The number of carbonyl (C=O) groups excluding carboxylic acids is 1. The second kappa shape index (κ2) is 5.41. The summed E-state index contributed by atoms with van der Waals surface area (Å²) in [6.45, 7) is 0. The Hall–Kier alpha value is -3.22. The molecule has 0 saturated heterocycles. The van der Waals surface area contributed by atoms with Crippen molar-refractivity contribution in [2.45, 2.75) is 0 Å². The third-order valence-electron chi connectivity index (χ3n) is 2.79. The maximum Gasteiger partial charge on any atom is 0.365 e. The smallest absolute Gasteiger partial charge is 0.365 e. The quantitative estimate of drug-likeness (QED) is 0.337. The van der Waals surface area contributed by atoms with Gasteiger partial charge in [0.1, 0.15) is 0 Å². The first kappa shape index (κ1) is 12.8. The van der Waals surface area contributed by atoms with Gasteiger partial charge in [-0.25, -0.2) is 14.3 Å². The number of oxime groups is 1. The molecule has 0 atom stereocenters. The van der Waals surface area contributed by atoms with E-state index in [1.54, 1.807) is 53.3 Å². The van der Waals surface area contributed by atoms with E-state index in [0.717, 1.165) is 0 Å². The predicted octanol–water partition coefficient (Wildman–Crippen LogP) is 1.21. The molecule has 0 fully saturated rings. The standard InChI is InChI=1S/C14H11N5O2/c15-12(11-9-17-19-8-4-7-16-13(11)19)18-21-14(20)10-5-2-1-3-6-10/h1-9H,(H2,15,18). The summed E-state index contributed by atoms with van der Waals surface area (Å²) in [7, 11) is 0. The zero-order valence-corrected chi connectivity index (χ0v) is 10.9. The van der Waals surface area contributed by atoms with Crippen LogP contribution in [0, 0.1) is 0 Å². The maximum atomic E-state index is 11.8. The number of rotatable bonds is 3. The summed E-state index contributed by atoms with van der Waals surface area (Å²) in [4.78, 5) is 20.7. The first-order chi connectivity index (χ1) is 10.3. The van der Waals surface area contributed by atoms with Crippen molar-refractivity contribution < 1.29 is 9.63 Å². The number of benzene rings is 1. The van der Waals surface area contributed by atoms with E-state index < -0.39 is 5.97 Å². The van der Waals surface area contributed by atoms with Gasteiger partial charge in [-0.2, -0.15) is 5.10 Å². The molecule has 0 radical (unpaired) electrons. The van der Waals surface area contributed by atoms with Gasteiger partial charge in [-0.15, -0.1) is 0 Å². The van der Waals surface area contributed by atoms with Crippen LogP contribution in [-0.2, 0) is 4.84 Å². The van der Waals surface area contributed by atoms with Crippen LogP contribution in [-0.4, -0.2) is 26.4 Å². The molecule has 0 unspecified atom stereocenters. The van der Waals surface area contributed by atoms with Gasteiger partial charge >= 0.3 is 5.97 Å². The van der Waals surface area contributed by atoms with Crippen molar-refractivity contribution in [2.75, 3.05) is 0 Å². The minimum absolute atomic E-state index is 0.0352. The van der Waals surface area contributed by atoms with Gasteiger partial charge in [0.15, 0.2) is 11.5 Å². The molecule has 0 spiro atoms. The Morgan fingerprint density at radius 3 is 2.86 bits per heavy atom. The van der Waals surface area contributed by atoms with E-state index in [2.05, 4.69) is 15.2 Å². The number of nitrogens with two attached hydrogens (primary N) is 1. The molecule has 3 aromatic rings. The number of hydrogen-bond donors (Lipinski definition) is 1. The molecular formula is C14H11N5O2. The fraction of sp³-hybridized carbons (Fsp3) is 0. The van der Waals surface area contributed by atoms with Crippen molar-refractivity contribution in [2.24, 2.45) is 10.9 Å². The second-order valence-corrected chi connectivity index (χ2v) is 4.17. The van der Waals surface area contributed by atoms with Gasteiger partial charge in [-0.05, 0) is 18.2 Å². The summed E-state index contributed by atoms with van der Waals surface area (Å²) < 4.78 is 1.55. The Bertz CT molecular complexity index is 810. The summed E-state index contributed by atoms with van der Waals surface area (Å²) in [5.41, 5.74) is 7.24. The molecular weight excluding hydrogens is 270 g/mol. The van der Waals surface area contributed by atoms with Crippen LogP contribution in [0.1, 0.15) is 15.9 Å². The molecule has 0 aliphatic carbocycles. The predicted molar refractivity (Wildman–Crippen MR) is 75.6 cm³/mol. The lowest BCUT2D eigenvalue weighted by Crippen LogP contribution is -2.15. The van der Waals surface area contributed by atoms with E-state index in [4.69, 9.17) is 10.6 Å². The van der Waals surface area contributed by atoms with Crippen molar-refractivity contribution >= 4 is 17.5 Å². The Morgan fingerprint density at radius 1 is 1.24 bits per heavy atom. The minimum atomic E-state index is -0.581. The van der Waals surface area contributed by atoms with Crippen molar-refractivity contribution in [3.8, 4) is 0 Å². The highest BCUT2D eigenvalue weighted by Gasteiger charge is 2.11. The Labute approximate surface area is 119 Å². The van der Waals surface area contributed by atoms with Crippen molar-refractivity contribution in [1.29, 1.82) is 0 Å². The minimum Gasteiger partial charge on any atom is -0.380 e. The molecule has 2 N–H and O–H groups in total. The van der Waals surface area contributed by atoms with Gasteiger partial charge < -0.3 is 10.6 Å². The SMILES string of the molecule is N/C(=N\OC(=O)c1ccccc1)c1cnn2cccnc12. The van der Waals surface area contributed by atoms with Crippen LogP contribution < -0.4 is 5.73 Å². The van der Waals surface area contributed by atoms with E-state index in [0.29, 0.717) is 16.8 Å². The van der Waals surface area contributed by atoms with Crippen molar-refractivity contribution in [3.63, 3.8) is 0 Å². The molecule has 7 nitrogen and oxygen atoms in total. The van der Waals surface area contributed by atoms with Gasteiger partial charge in [0.25, 0.3) is 0 Å². The Balaban J connectivity index is 1.82. The third-order valence-corrected chi connectivity index (χ3v) is 2.79. The molecule has 0 saturated carbocycles. The van der Waals surface area contributed by atoms with E-state index in [-0.39, 0.29) is 5.84 Å². The van der Waals surface area contributed by atoms with Gasteiger partial charge in [0, 0.05) is 12.4 Å². The molecule has 0 amide bonds. The largest absolute Gasteiger partial charge is 0.380 e. The number of carbonyl (C=O) groups is 1. The zero-order chi connectivity index (χ0) is 14.7. The van der Waals surface area contributed by atoms with Crippen molar-refractivity contribution in [3.05, 3.63) is 66.1 Å². The monoisotopic (exact) mass is 281 g/mol. The average molecular weight is 281 g/mol. The van der Waals surface area contributed by atoms with E-state index in [9.17, 15) is 4.79 Å². The lowest BCUT2D eigenvalue weighted by molar-refractivity contribution is 0.0516. The van der Waals surface area contributed by atoms with Crippen LogP contribution in [0.2, 0.25) is 0 Å². The third kappa shape index (κ3) is 2.57. The summed E-state index contributed by atoms with van der Waals surface area (Å²) in [5.74, 6) is -0.545. The highest BCUT2D eigenvalue weighted by atomic mass is 16.7. The maximum absolute atomic E-state index is 11.8. The molecule has 2 heterocycles. The highest BCUT2D eigenvalue weighted by molar-refractivity contribution is 6.02. The first-order valence-corrected chi connectivity index (χ1v) is 6.14.